The Morgan fingerprint density at radius 3 is 2.59 bits per heavy atom. The van der Waals surface area contributed by atoms with Gasteiger partial charge in [-0.2, -0.15) is 0 Å². The van der Waals surface area contributed by atoms with E-state index in [0.29, 0.717) is 5.92 Å². The van der Waals surface area contributed by atoms with Crippen molar-refractivity contribution < 1.29 is 9.53 Å². The molecule has 0 spiro atoms. The van der Waals surface area contributed by atoms with E-state index in [4.69, 9.17) is 9.72 Å². The minimum atomic E-state index is -0.160. The first-order chi connectivity index (χ1) is 16.5. The summed E-state index contributed by atoms with van der Waals surface area (Å²) in [6.07, 6.45) is 8.17. The van der Waals surface area contributed by atoms with Crippen molar-refractivity contribution in [2.24, 2.45) is 5.92 Å². The Labute approximate surface area is 202 Å². The van der Waals surface area contributed by atoms with Crippen LogP contribution in [-0.2, 0) is 4.79 Å². The number of carbonyl (C=O) groups is 1. The van der Waals surface area contributed by atoms with E-state index in [1.54, 1.807) is 6.08 Å². The summed E-state index contributed by atoms with van der Waals surface area (Å²) in [6, 6.07) is 15.9. The fourth-order valence-electron chi connectivity index (χ4n) is 4.18. The van der Waals surface area contributed by atoms with Gasteiger partial charge in [-0.25, -0.2) is 4.98 Å². The number of pyridine rings is 1. The zero-order chi connectivity index (χ0) is 23.9. The van der Waals surface area contributed by atoms with Crippen LogP contribution in [0.2, 0.25) is 0 Å². The second-order valence-corrected chi connectivity index (χ2v) is 9.50. The molecule has 2 aromatic carbocycles. The molecule has 0 unspecified atom stereocenters. The summed E-state index contributed by atoms with van der Waals surface area (Å²) >= 11 is 0. The highest BCUT2D eigenvalue weighted by Crippen LogP contribution is 2.27. The van der Waals surface area contributed by atoms with Crippen LogP contribution in [0.25, 0.3) is 17.0 Å². The molecule has 0 radical (unpaired) electrons. The lowest BCUT2D eigenvalue weighted by molar-refractivity contribution is -0.111. The Kier molecular flexibility index (Phi) is 7.84. The summed E-state index contributed by atoms with van der Waals surface area (Å²) in [4.78, 5) is 19.7. The molecule has 1 aliphatic heterocycles. The third kappa shape index (κ3) is 6.37. The van der Waals surface area contributed by atoms with Crippen molar-refractivity contribution >= 4 is 34.4 Å². The maximum absolute atomic E-state index is 12.5. The molecule has 2 heterocycles. The molecule has 0 atom stereocenters. The number of piperidine rings is 1. The quantitative estimate of drug-likeness (QED) is 0.387. The molecule has 34 heavy (non-hydrogen) atoms. The van der Waals surface area contributed by atoms with Gasteiger partial charge in [0, 0.05) is 30.2 Å². The van der Waals surface area contributed by atoms with Crippen molar-refractivity contribution in [2.45, 2.75) is 46.5 Å². The number of aryl methyl sites for hydroxylation is 1. The van der Waals surface area contributed by atoms with Gasteiger partial charge in [0.05, 0.1) is 12.1 Å². The van der Waals surface area contributed by atoms with Crippen LogP contribution in [0.15, 0.2) is 54.6 Å². The maximum Gasteiger partial charge on any atom is 0.248 e. The number of amides is 1. The Morgan fingerprint density at radius 1 is 1.09 bits per heavy atom. The molecular weight excluding hydrogens is 422 g/mol. The lowest BCUT2D eigenvalue weighted by Gasteiger charge is -2.28. The minimum Gasteiger partial charge on any atom is -0.494 e. The van der Waals surface area contributed by atoms with E-state index in [0.717, 1.165) is 59.8 Å². The van der Waals surface area contributed by atoms with Crippen molar-refractivity contribution in [1.29, 1.82) is 0 Å². The van der Waals surface area contributed by atoms with Gasteiger partial charge < -0.3 is 15.0 Å². The zero-order valence-corrected chi connectivity index (χ0v) is 20.5. The van der Waals surface area contributed by atoms with Gasteiger partial charge in [0.2, 0.25) is 5.91 Å². The van der Waals surface area contributed by atoms with E-state index in [2.05, 4.69) is 37.1 Å². The molecule has 0 saturated carbocycles. The summed E-state index contributed by atoms with van der Waals surface area (Å²) in [7, 11) is 0. The van der Waals surface area contributed by atoms with Crippen molar-refractivity contribution in [3.8, 4) is 5.75 Å². The molecule has 5 heteroatoms. The normalized spacial score (nSPS) is 14.2. The molecule has 1 aliphatic rings. The molecule has 1 saturated heterocycles. The molecule has 178 valence electrons. The highest BCUT2D eigenvalue weighted by atomic mass is 16.5. The average molecular weight is 458 g/mol. The van der Waals surface area contributed by atoms with Crippen molar-refractivity contribution in [3.63, 3.8) is 0 Å². The van der Waals surface area contributed by atoms with Crippen LogP contribution in [0.5, 0.6) is 5.75 Å². The van der Waals surface area contributed by atoms with E-state index in [1.807, 2.05) is 48.5 Å². The summed E-state index contributed by atoms with van der Waals surface area (Å²) < 4.78 is 5.75. The zero-order valence-electron chi connectivity index (χ0n) is 20.5. The number of fused-ring (bicyclic) bond motifs is 1. The number of hydrogen-bond acceptors (Lipinski definition) is 4. The third-order valence-corrected chi connectivity index (χ3v) is 6.22. The van der Waals surface area contributed by atoms with Crippen molar-refractivity contribution in [3.05, 3.63) is 65.7 Å². The SMILES string of the molecule is Cc1cc(N2CCCCC2)nc2ccc(NC(=O)/C=C/c3ccc(OCCC(C)C)cc3)cc12. The third-order valence-electron chi connectivity index (χ3n) is 6.22. The van der Waals surface area contributed by atoms with E-state index in [9.17, 15) is 4.79 Å². The minimum absolute atomic E-state index is 0.160. The van der Waals surface area contributed by atoms with Gasteiger partial charge >= 0.3 is 0 Å². The van der Waals surface area contributed by atoms with E-state index < -0.39 is 0 Å². The van der Waals surface area contributed by atoms with E-state index in [1.165, 1.54) is 24.8 Å². The van der Waals surface area contributed by atoms with Gasteiger partial charge in [0.15, 0.2) is 0 Å². The first-order valence-corrected chi connectivity index (χ1v) is 12.4. The fraction of sp³-hybridized carbons (Fsp3) is 0.379. The van der Waals surface area contributed by atoms with Crippen LogP contribution >= 0.6 is 0 Å². The number of benzene rings is 2. The molecule has 1 aromatic heterocycles. The standard InChI is InChI=1S/C29H35N3O2/c1-21(2)15-18-34-25-11-7-23(8-12-25)9-14-29(33)30-24-10-13-27-26(20-24)22(3)19-28(31-27)32-16-5-4-6-17-32/h7-14,19-21H,4-6,15-18H2,1-3H3,(H,30,33)/b14-9+. The van der Waals surface area contributed by atoms with Gasteiger partial charge in [0.1, 0.15) is 11.6 Å². The summed E-state index contributed by atoms with van der Waals surface area (Å²) in [5.41, 5.74) is 3.86. The number of rotatable bonds is 8. The van der Waals surface area contributed by atoms with Gasteiger partial charge in [-0.3, -0.25) is 4.79 Å². The number of hydrogen-bond donors (Lipinski definition) is 1. The Hall–Kier alpha value is -3.34. The second-order valence-electron chi connectivity index (χ2n) is 9.50. The fourth-order valence-corrected chi connectivity index (χ4v) is 4.18. The van der Waals surface area contributed by atoms with Crippen LogP contribution in [-0.4, -0.2) is 30.6 Å². The smallest absolute Gasteiger partial charge is 0.248 e. The highest BCUT2D eigenvalue weighted by molar-refractivity contribution is 6.03. The molecule has 0 aliphatic carbocycles. The predicted octanol–water partition coefficient (Wildman–Crippen LogP) is 6.61. The molecule has 1 fully saturated rings. The molecule has 4 rings (SSSR count). The number of anilines is 2. The number of ether oxygens (including phenoxy) is 1. The second kappa shape index (κ2) is 11.2. The van der Waals surface area contributed by atoms with Gasteiger partial charge in [-0.15, -0.1) is 0 Å². The number of nitrogens with zero attached hydrogens (tertiary/aromatic N) is 2. The van der Waals surface area contributed by atoms with Crippen LogP contribution < -0.4 is 15.0 Å². The summed E-state index contributed by atoms with van der Waals surface area (Å²) in [5.74, 6) is 2.37. The number of aromatic nitrogens is 1. The van der Waals surface area contributed by atoms with E-state index >= 15 is 0 Å². The van der Waals surface area contributed by atoms with Crippen molar-refractivity contribution in [1.82, 2.24) is 4.98 Å². The summed E-state index contributed by atoms with van der Waals surface area (Å²) in [5, 5.41) is 4.04. The summed E-state index contributed by atoms with van der Waals surface area (Å²) in [6.45, 7) is 9.35. The average Bonchev–Trinajstić information content (AvgIpc) is 2.84. The topological polar surface area (TPSA) is 54.5 Å². The number of carbonyl (C=O) groups excluding carboxylic acids is 1. The predicted molar refractivity (Wildman–Crippen MR) is 142 cm³/mol. The van der Waals surface area contributed by atoms with Crippen LogP contribution in [0, 0.1) is 12.8 Å². The first-order valence-electron chi connectivity index (χ1n) is 12.4. The van der Waals surface area contributed by atoms with E-state index in [-0.39, 0.29) is 5.91 Å². The lowest BCUT2D eigenvalue weighted by atomic mass is 10.1. The Bertz CT molecular complexity index is 1150. The Morgan fingerprint density at radius 2 is 1.85 bits per heavy atom. The highest BCUT2D eigenvalue weighted by Gasteiger charge is 2.14. The first kappa shape index (κ1) is 23.8. The van der Waals surface area contributed by atoms with Crippen LogP contribution in [0.3, 0.4) is 0 Å². The maximum atomic E-state index is 12.5. The van der Waals surface area contributed by atoms with Crippen LogP contribution in [0.1, 0.15) is 50.7 Å². The molecule has 1 N–H and O–H groups in total. The van der Waals surface area contributed by atoms with Gasteiger partial charge in [0.25, 0.3) is 0 Å². The van der Waals surface area contributed by atoms with Crippen LogP contribution in [0.4, 0.5) is 11.5 Å². The molecule has 5 nitrogen and oxygen atoms in total. The molecule has 1 amide bonds. The lowest BCUT2D eigenvalue weighted by Crippen LogP contribution is -2.30. The largest absolute Gasteiger partial charge is 0.494 e. The number of nitrogens with one attached hydrogen (secondary N) is 1. The molecule has 3 aromatic rings. The van der Waals surface area contributed by atoms with Gasteiger partial charge in [-0.05, 0) is 92.1 Å². The Balaban J connectivity index is 1.37. The monoisotopic (exact) mass is 457 g/mol. The molecular formula is C29H35N3O2. The molecule has 0 bridgehead atoms. The van der Waals surface area contributed by atoms with Gasteiger partial charge in [-0.1, -0.05) is 26.0 Å². The van der Waals surface area contributed by atoms with Crippen molar-refractivity contribution in [2.75, 3.05) is 29.9 Å².